The summed E-state index contributed by atoms with van der Waals surface area (Å²) in [7, 11) is 1.59. The van der Waals surface area contributed by atoms with Crippen molar-refractivity contribution >= 4 is 17.5 Å². The Balaban J connectivity index is 1.87. The maximum atomic E-state index is 12.9. The second-order valence-electron chi connectivity index (χ2n) is 6.74. The number of piperazine rings is 1. The summed E-state index contributed by atoms with van der Waals surface area (Å²) in [5.74, 6) is 0.389. The molecule has 1 aromatic carbocycles. The lowest BCUT2D eigenvalue weighted by Gasteiger charge is -2.41. The van der Waals surface area contributed by atoms with Crippen LogP contribution in [0.15, 0.2) is 34.9 Å². The number of nitrogens with zero attached hydrogens (tertiary/aromatic N) is 3. The number of methoxy groups -OCH3 is 1. The number of aryl methyl sites for hydroxylation is 1. The Morgan fingerprint density at radius 3 is 2.81 bits per heavy atom. The van der Waals surface area contributed by atoms with Crippen molar-refractivity contribution < 1.29 is 18.8 Å². The third kappa shape index (κ3) is 3.97. The molecule has 2 heterocycles. The third-order valence-corrected chi connectivity index (χ3v) is 4.81. The van der Waals surface area contributed by atoms with E-state index in [1.807, 2.05) is 24.3 Å². The molecule has 1 fully saturated rings. The fourth-order valence-corrected chi connectivity index (χ4v) is 3.39. The number of rotatable bonds is 6. The van der Waals surface area contributed by atoms with E-state index in [1.165, 1.54) is 0 Å². The van der Waals surface area contributed by atoms with E-state index in [0.717, 1.165) is 24.9 Å². The maximum absolute atomic E-state index is 12.9. The van der Waals surface area contributed by atoms with E-state index in [1.54, 1.807) is 29.9 Å². The smallest absolute Gasteiger partial charge is 0.293 e. The highest BCUT2D eigenvalue weighted by Crippen LogP contribution is 2.31. The van der Waals surface area contributed by atoms with Crippen LogP contribution in [0.2, 0.25) is 0 Å². The lowest BCUT2D eigenvalue weighted by atomic mass is 10.0. The van der Waals surface area contributed by atoms with Crippen molar-refractivity contribution in [2.75, 3.05) is 25.1 Å². The molecule has 144 valence electrons. The molecule has 0 spiro atoms. The first kappa shape index (κ1) is 18.9. The predicted octanol–water partition coefficient (Wildman–Crippen LogP) is 3.04. The van der Waals surface area contributed by atoms with Crippen LogP contribution in [0.1, 0.15) is 42.4 Å². The number of anilines is 1. The van der Waals surface area contributed by atoms with Gasteiger partial charge in [0, 0.05) is 12.6 Å². The summed E-state index contributed by atoms with van der Waals surface area (Å²) < 4.78 is 10.5. The number of benzene rings is 1. The van der Waals surface area contributed by atoms with E-state index < -0.39 is 0 Å². The number of aromatic nitrogens is 1. The number of para-hydroxylation sites is 2. The lowest BCUT2D eigenvalue weighted by Crippen LogP contribution is -2.58. The van der Waals surface area contributed by atoms with E-state index >= 15 is 0 Å². The fourth-order valence-electron chi connectivity index (χ4n) is 3.39. The van der Waals surface area contributed by atoms with Gasteiger partial charge in [0.15, 0.2) is 0 Å². The average molecular weight is 371 g/mol. The van der Waals surface area contributed by atoms with Crippen molar-refractivity contribution in [2.45, 2.75) is 39.2 Å². The Kier molecular flexibility index (Phi) is 5.78. The summed E-state index contributed by atoms with van der Waals surface area (Å²) >= 11 is 0. The van der Waals surface area contributed by atoms with E-state index in [4.69, 9.17) is 9.26 Å². The SMILES string of the molecule is CCCCC1CN(c2ccccc2OC)C(=O)CN1C(=O)c1cc(C)no1. The minimum absolute atomic E-state index is 0.00497. The standard InChI is InChI=1S/C20H25N3O4/c1-4-5-8-15-12-23(16-9-6-7-10-17(16)26-3)19(24)13-22(15)20(25)18-11-14(2)21-27-18/h6-7,9-11,15H,4-5,8,12-13H2,1-3H3. The highest BCUT2D eigenvalue weighted by Gasteiger charge is 2.37. The molecule has 1 aromatic heterocycles. The van der Waals surface area contributed by atoms with Crippen LogP contribution >= 0.6 is 0 Å². The van der Waals surface area contributed by atoms with Crippen molar-refractivity contribution in [3.8, 4) is 5.75 Å². The van der Waals surface area contributed by atoms with Gasteiger partial charge in [0.25, 0.3) is 5.91 Å². The van der Waals surface area contributed by atoms with Crippen LogP contribution in [-0.4, -0.2) is 48.1 Å². The Bertz CT molecular complexity index is 817. The van der Waals surface area contributed by atoms with Crippen molar-refractivity contribution in [1.29, 1.82) is 0 Å². The van der Waals surface area contributed by atoms with Crippen LogP contribution in [0.4, 0.5) is 5.69 Å². The summed E-state index contributed by atoms with van der Waals surface area (Å²) in [5.41, 5.74) is 1.37. The molecule has 2 aromatic rings. The van der Waals surface area contributed by atoms with Gasteiger partial charge in [0.05, 0.1) is 24.5 Å². The molecule has 1 aliphatic rings. The van der Waals surface area contributed by atoms with E-state index in [2.05, 4.69) is 12.1 Å². The molecule has 0 bridgehead atoms. The molecule has 0 aliphatic carbocycles. The molecule has 0 saturated carbocycles. The summed E-state index contributed by atoms with van der Waals surface area (Å²) in [6, 6.07) is 8.96. The van der Waals surface area contributed by atoms with Crippen molar-refractivity contribution in [3.63, 3.8) is 0 Å². The second kappa shape index (κ2) is 8.24. The Morgan fingerprint density at radius 2 is 2.15 bits per heavy atom. The number of unbranched alkanes of at least 4 members (excludes halogenated alkanes) is 1. The molecule has 0 radical (unpaired) electrons. The third-order valence-electron chi connectivity index (χ3n) is 4.81. The van der Waals surface area contributed by atoms with Gasteiger partial charge in [-0.05, 0) is 25.5 Å². The number of carbonyl (C=O) groups excluding carboxylic acids is 2. The first-order valence-electron chi connectivity index (χ1n) is 9.22. The van der Waals surface area contributed by atoms with E-state index in [-0.39, 0.29) is 30.2 Å². The molecular formula is C20H25N3O4. The van der Waals surface area contributed by atoms with Gasteiger partial charge in [-0.15, -0.1) is 0 Å². The normalized spacial score (nSPS) is 17.3. The monoisotopic (exact) mass is 371 g/mol. The topological polar surface area (TPSA) is 75.9 Å². The van der Waals surface area contributed by atoms with E-state index in [9.17, 15) is 9.59 Å². The minimum atomic E-state index is -0.287. The number of carbonyl (C=O) groups is 2. The molecule has 1 saturated heterocycles. The Labute approximate surface area is 158 Å². The zero-order valence-electron chi connectivity index (χ0n) is 16.0. The van der Waals surface area contributed by atoms with Gasteiger partial charge in [-0.2, -0.15) is 0 Å². The molecule has 0 N–H and O–H groups in total. The molecule has 27 heavy (non-hydrogen) atoms. The Hall–Kier alpha value is -2.83. The van der Waals surface area contributed by atoms with Crippen LogP contribution in [0.3, 0.4) is 0 Å². The Morgan fingerprint density at radius 1 is 1.37 bits per heavy atom. The quantitative estimate of drug-likeness (QED) is 0.780. The average Bonchev–Trinajstić information content (AvgIpc) is 3.12. The zero-order valence-corrected chi connectivity index (χ0v) is 16.0. The lowest BCUT2D eigenvalue weighted by molar-refractivity contribution is -0.121. The fraction of sp³-hybridized carbons (Fsp3) is 0.450. The zero-order chi connectivity index (χ0) is 19.4. The molecule has 7 heteroatoms. The van der Waals surface area contributed by atoms with Crippen LogP contribution in [0, 0.1) is 6.92 Å². The molecule has 3 rings (SSSR count). The molecule has 7 nitrogen and oxygen atoms in total. The van der Waals surface area contributed by atoms with Gasteiger partial charge in [-0.3, -0.25) is 9.59 Å². The molecule has 1 aliphatic heterocycles. The molecule has 2 amide bonds. The summed E-state index contributed by atoms with van der Waals surface area (Å²) in [5, 5.41) is 3.79. The van der Waals surface area contributed by atoms with Crippen LogP contribution in [0.25, 0.3) is 0 Å². The van der Waals surface area contributed by atoms with Crippen molar-refractivity contribution in [3.05, 3.63) is 41.8 Å². The number of hydrogen-bond donors (Lipinski definition) is 0. The summed E-state index contributed by atoms with van der Waals surface area (Å²) in [6.45, 7) is 4.31. The van der Waals surface area contributed by atoms with Gasteiger partial charge < -0.3 is 19.1 Å². The number of amides is 2. The van der Waals surface area contributed by atoms with Crippen molar-refractivity contribution in [1.82, 2.24) is 10.1 Å². The van der Waals surface area contributed by atoms with Crippen molar-refractivity contribution in [2.24, 2.45) is 0 Å². The summed E-state index contributed by atoms with van der Waals surface area (Å²) in [6.07, 6.45) is 2.80. The molecular weight excluding hydrogens is 346 g/mol. The largest absolute Gasteiger partial charge is 0.495 e. The van der Waals surface area contributed by atoms with E-state index in [0.29, 0.717) is 18.0 Å². The molecule has 1 unspecified atom stereocenters. The van der Waals surface area contributed by atoms with Crippen LogP contribution in [-0.2, 0) is 4.79 Å². The van der Waals surface area contributed by atoms with Crippen LogP contribution in [0.5, 0.6) is 5.75 Å². The highest BCUT2D eigenvalue weighted by atomic mass is 16.5. The van der Waals surface area contributed by atoms with Gasteiger partial charge >= 0.3 is 0 Å². The molecule has 1 atom stereocenters. The predicted molar refractivity (Wildman–Crippen MR) is 101 cm³/mol. The van der Waals surface area contributed by atoms with Gasteiger partial charge in [-0.1, -0.05) is 37.1 Å². The number of hydrogen-bond acceptors (Lipinski definition) is 5. The number of ether oxygens (including phenoxy) is 1. The minimum Gasteiger partial charge on any atom is -0.495 e. The second-order valence-corrected chi connectivity index (χ2v) is 6.74. The van der Waals surface area contributed by atoms with Crippen LogP contribution < -0.4 is 9.64 Å². The van der Waals surface area contributed by atoms with Gasteiger partial charge in [0.2, 0.25) is 11.7 Å². The summed E-state index contributed by atoms with van der Waals surface area (Å²) in [4.78, 5) is 29.1. The van der Waals surface area contributed by atoms with Gasteiger partial charge in [-0.25, -0.2) is 0 Å². The maximum Gasteiger partial charge on any atom is 0.293 e. The highest BCUT2D eigenvalue weighted by molar-refractivity contribution is 6.01. The first-order chi connectivity index (χ1) is 13.0. The first-order valence-corrected chi connectivity index (χ1v) is 9.22. The van der Waals surface area contributed by atoms with Gasteiger partial charge in [0.1, 0.15) is 12.3 Å².